The number of nitrogens with one attached hydrogen (secondary N) is 1. The summed E-state index contributed by atoms with van der Waals surface area (Å²) < 4.78 is 38.2. The molecule has 8 heteroatoms. The number of rotatable bonds is 4. The number of carbonyl (C=O) groups is 1. The van der Waals surface area contributed by atoms with Crippen LogP contribution in [0, 0.1) is 5.92 Å². The summed E-state index contributed by atoms with van der Waals surface area (Å²) in [6.07, 6.45) is 2.29. The van der Waals surface area contributed by atoms with Gasteiger partial charge in [-0.05, 0) is 37.0 Å². The number of halogens is 3. The Morgan fingerprint density at radius 2 is 2.00 bits per heavy atom. The van der Waals surface area contributed by atoms with Crippen molar-refractivity contribution in [1.82, 2.24) is 15.3 Å². The molecule has 138 valence electrons. The number of amides is 1. The standard InChI is InChI=1S/C18H19F3N4O/c19-18(20,21)15-3-1-2-14(10-15)17(26)24-11-13-4-8-25(9-5-13)16-12-22-6-7-23-16/h1-3,6-7,10,12-13H,4-5,8-9,11H2,(H,24,26). The van der Waals surface area contributed by atoms with Crippen molar-refractivity contribution in [2.24, 2.45) is 5.92 Å². The van der Waals surface area contributed by atoms with Crippen LogP contribution in [0.2, 0.25) is 0 Å². The van der Waals surface area contributed by atoms with E-state index in [1.807, 2.05) is 0 Å². The first-order chi connectivity index (χ1) is 12.4. The summed E-state index contributed by atoms with van der Waals surface area (Å²) in [5, 5.41) is 2.75. The van der Waals surface area contributed by atoms with Crippen molar-refractivity contribution in [3.05, 3.63) is 54.0 Å². The lowest BCUT2D eigenvalue weighted by Gasteiger charge is -2.32. The van der Waals surface area contributed by atoms with E-state index in [0.29, 0.717) is 6.54 Å². The van der Waals surface area contributed by atoms with Gasteiger partial charge < -0.3 is 10.2 Å². The van der Waals surface area contributed by atoms with E-state index >= 15 is 0 Å². The molecule has 0 radical (unpaired) electrons. The Morgan fingerprint density at radius 3 is 2.65 bits per heavy atom. The third-order valence-electron chi connectivity index (χ3n) is 4.49. The Morgan fingerprint density at radius 1 is 1.23 bits per heavy atom. The van der Waals surface area contributed by atoms with E-state index in [4.69, 9.17) is 0 Å². The molecule has 1 aromatic carbocycles. The molecule has 0 aliphatic carbocycles. The zero-order valence-corrected chi connectivity index (χ0v) is 14.0. The SMILES string of the molecule is O=C(NCC1CCN(c2cnccn2)CC1)c1cccc(C(F)(F)F)c1. The molecule has 0 bridgehead atoms. The van der Waals surface area contributed by atoms with Gasteiger partial charge in [-0.2, -0.15) is 13.2 Å². The van der Waals surface area contributed by atoms with E-state index in [9.17, 15) is 18.0 Å². The fourth-order valence-corrected chi connectivity index (χ4v) is 3.00. The summed E-state index contributed by atoms with van der Waals surface area (Å²) in [7, 11) is 0. The predicted molar refractivity (Wildman–Crippen MR) is 90.7 cm³/mol. The highest BCUT2D eigenvalue weighted by molar-refractivity contribution is 5.94. The summed E-state index contributed by atoms with van der Waals surface area (Å²) in [5.74, 6) is 0.643. The number of hydrogen-bond acceptors (Lipinski definition) is 4. The van der Waals surface area contributed by atoms with Crippen molar-refractivity contribution in [3.8, 4) is 0 Å². The van der Waals surface area contributed by atoms with Crippen molar-refractivity contribution < 1.29 is 18.0 Å². The number of nitrogens with zero attached hydrogens (tertiary/aromatic N) is 3. The monoisotopic (exact) mass is 364 g/mol. The van der Waals surface area contributed by atoms with E-state index in [1.165, 1.54) is 12.1 Å². The summed E-state index contributed by atoms with van der Waals surface area (Å²) in [4.78, 5) is 22.6. The van der Waals surface area contributed by atoms with E-state index in [1.54, 1.807) is 18.6 Å². The first kappa shape index (κ1) is 18.2. The molecule has 0 unspecified atom stereocenters. The number of anilines is 1. The molecule has 1 saturated heterocycles. The molecule has 3 rings (SSSR count). The third-order valence-corrected chi connectivity index (χ3v) is 4.49. The van der Waals surface area contributed by atoms with E-state index in [0.717, 1.165) is 43.9 Å². The van der Waals surface area contributed by atoms with Gasteiger partial charge in [-0.25, -0.2) is 4.98 Å². The van der Waals surface area contributed by atoms with Gasteiger partial charge in [0.1, 0.15) is 5.82 Å². The lowest BCUT2D eigenvalue weighted by molar-refractivity contribution is -0.137. The molecule has 1 aliphatic heterocycles. The Labute approximate surface area is 149 Å². The molecule has 1 fully saturated rings. The Hall–Kier alpha value is -2.64. The summed E-state index contributed by atoms with van der Waals surface area (Å²) in [5.41, 5.74) is -0.792. The second kappa shape index (κ2) is 7.72. The van der Waals surface area contributed by atoms with Crippen LogP contribution in [0.25, 0.3) is 0 Å². The van der Waals surface area contributed by atoms with Crippen molar-refractivity contribution >= 4 is 11.7 Å². The second-order valence-electron chi connectivity index (χ2n) is 6.28. The molecule has 0 spiro atoms. The summed E-state index contributed by atoms with van der Waals surface area (Å²) in [6, 6.07) is 4.48. The van der Waals surface area contributed by atoms with Crippen LogP contribution in [-0.2, 0) is 6.18 Å². The zero-order chi connectivity index (χ0) is 18.6. The van der Waals surface area contributed by atoms with Crippen LogP contribution in [0.3, 0.4) is 0 Å². The lowest BCUT2D eigenvalue weighted by Crippen LogP contribution is -2.39. The molecule has 1 amide bonds. The molecule has 2 aromatic rings. The maximum atomic E-state index is 12.7. The second-order valence-corrected chi connectivity index (χ2v) is 6.28. The number of piperidine rings is 1. The molecule has 5 nitrogen and oxygen atoms in total. The normalized spacial score (nSPS) is 15.7. The average molecular weight is 364 g/mol. The average Bonchev–Trinajstić information content (AvgIpc) is 2.66. The Bertz CT molecular complexity index is 744. The first-order valence-electron chi connectivity index (χ1n) is 8.40. The predicted octanol–water partition coefficient (Wildman–Crippen LogP) is 3.14. The molecule has 1 N–H and O–H groups in total. The highest BCUT2D eigenvalue weighted by Crippen LogP contribution is 2.29. The van der Waals surface area contributed by atoms with Gasteiger partial charge in [-0.15, -0.1) is 0 Å². The summed E-state index contributed by atoms with van der Waals surface area (Å²) in [6.45, 7) is 2.06. The number of benzene rings is 1. The zero-order valence-electron chi connectivity index (χ0n) is 14.0. The van der Waals surface area contributed by atoms with E-state index in [2.05, 4.69) is 20.2 Å². The maximum absolute atomic E-state index is 12.7. The minimum Gasteiger partial charge on any atom is -0.355 e. The molecule has 1 aliphatic rings. The number of carbonyl (C=O) groups excluding carboxylic acids is 1. The molecule has 2 heterocycles. The Kier molecular flexibility index (Phi) is 5.39. The first-order valence-corrected chi connectivity index (χ1v) is 8.40. The maximum Gasteiger partial charge on any atom is 0.416 e. The van der Waals surface area contributed by atoms with Crippen LogP contribution in [0.15, 0.2) is 42.9 Å². The van der Waals surface area contributed by atoms with E-state index < -0.39 is 17.6 Å². The van der Waals surface area contributed by atoms with Crippen molar-refractivity contribution in [2.75, 3.05) is 24.5 Å². The van der Waals surface area contributed by atoms with Crippen LogP contribution in [0.5, 0.6) is 0 Å². The van der Waals surface area contributed by atoms with Crippen LogP contribution in [0.4, 0.5) is 19.0 Å². The molecule has 0 atom stereocenters. The van der Waals surface area contributed by atoms with Crippen LogP contribution >= 0.6 is 0 Å². The molecular weight excluding hydrogens is 345 g/mol. The summed E-state index contributed by atoms with van der Waals surface area (Å²) >= 11 is 0. The van der Waals surface area contributed by atoms with Gasteiger partial charge in [0, 0.05) is 37.6 Å². The quantitative estimate of drug-likeness (QED) is 0.906. The third kappa shape index (κ3) is 4.50. The van der Waals surface area contributed by atoms with Crippen molar-refractivity contribution in [2.45, 2.75) is 19.0 Å². The van der Waals surface area contributed by atoms with Crippen LogP contribution < -0.4 is 10.2 Å². The van der Waals surface area contributed by atoms with E-state index in [-0.39, 0.29) is 11.5 Å². The minimum absolute atomic E-state index is 0.0248. The molecular formula is C18H19F3N4O. The van der Waals surface area contributed by atoms with Crippen LogP contribution in [-0.4, -0.2) is 35.5 Å². The largest absolute Gasteiger partial charge is 0.416 e. The highest BCUT2D eigenvalue weighted by Gasteiger charge is 2.31. The van der Waals surface area contributed by atoms with Crippen LogP contribution in [0.1, 0.15) is 28.8 Å². The van der Waals surface area contributed by atoms with Gasteiger partial charge in [0.2, 0.25) is 0 Å². The van der Waals surface area contributed by atoms with Gasteiger partial charge in [-0.3, -0.25) is 9.78 Å². The lowest BCUT2D eigenvalue weighted by atomic mass is 9.96. The van der Waals surface area contributed by atoms with Gasteiger partial charge in [0.05, 0.1) is 11.8 Å². The van der Waals surface area contributed by atoms with Gasteiger partial charge >= 0.3 is 6.18 Å². The van der Waals surface area contributed by atoms with Gasteiger partial charge in [0.15, 0.2) is 0 Å². The van der Waals surface area contributed by atoms with Crippen molar-refractivity contribution in [3.63, 3.8) is 0 Å². The molecule has 0 saturated carbocycles. The number of aromatic nitrogens is 2. The number of hydrogen-bond donors (Lipinski definition) is 1. The molecule has 1 aromatic heterocycles. The van der Waals surface area contributed by atoms with Gasteiger partial charge in [-0.1, -0.05) is 6.07 Å². The smallest absolute Gasteiger partial charge is 0.355 e. The Balaban J connectivity index is 1.50. The van der Waals surface area contributed by atoms with Gasteiger partial charge in [0.25, 0.3) is 5.91 Å². The fraction of sp³-hybridized carbons (Fsp3) is 0.389. The molecule has 26 heavy (non-hydrogen) atoms. The number of alkyl halides is 3. The highest BCUT2D eigenvalue weighted by atomic mass is 19.4. The van der Waals surface area contributed by atoms with Crippen molar-refractivity contribution in [1.29, 1.82) is 0 Å². The minimum atomic E-state index is -4.45. The fourth-order valence-electron chi connectivity index (χ4n) is 3.00. The topological polar surface area (TPSA) is 58.1 Å².